The van der Waals surface area contributed by atoms with Gasteiger partial charge in [0.25, 0.3) is 11.8 Å². The summed E-state index contributed by atoms with van der Waals surface area (Å²) in [6.07, 6.45) is -1.30. The van der Waals surface area contributed by atoms with Crippen LogP contribution in [-0.2, 0) is 36.9 Å². The minimum absolute atomic E-state index is 0.146. The number of carbonyl (C=O) groups is 5. The minimum atomic E-state index is -1.45. The molecule has 0 saturated carbocycles. The van der Waals surface area contributed by atoms with E-state index in [0.29, 0.717) is 5.56 Å². The van der Waals surface area contributed by atoms with Crippen molar-refractivity contribution < 1.29 is 33.4 Å². The Morgan fingerprint density at radius 1 is 0.915 bits per heavy atom. The number of benzene rings is 3. The Labute approximate surface area is 279 Å². The second kappa shape index (κ2) is 15.3. The Kier molecular flexibility index (Phi) is 11.5. The number of rotatable bonds is 11. The smallest absolute Gasteiger partial charge is 0.308 e. The van der Waals surface area contributed by atoms with Gasteiger partial charge in [-0.15, -0.1) is 11.8 Å². The fourth-order valence-electron chi connectivity index (χ4n) is 5.62. The summed E-state index contributed by atoms with van der Waals surface area (Å²) in [6.45, 7) is 10.2. The van der Waals surface area contributed by atoms with E-state index in [-0.39, 0.29) is 36.1 Å². The summed E-state index contributed by atoms with van der Waals surface area (Å²) in [6, 6.07) is 19.8. The van der Waals surface area contributed by atoms with Gasteiger partial charge < -0.3 is 25.0 Å². The number of carbonyl (C=O) groups excluding carboxylic acids is 5. The number of ether oxygens (including phenoxy) is 2. The Hall–Kier alpha value is -4.64. The molecule has 0 spiro atoms. The molecule has 1 heterocycles. The number of nitrogens with one attached hydrogen (secondary N) is 2. The summed E-state index contributed by atoms with van der Waals surface area (Å²) in [5.41, 5.74) is 3.43. The van der Waals surface area contributed by atoms with Gasteiger partial charge in [-0.1, -0.05) is 60.7 Å². The normalized spacial score (nSPS) is 16.5. The third-order valence-electron chi connectivity index (χ3n) is 8.09. The predicted octanol–water partition coefficient (Wildman–Crippen LogP) is 4.50. The molecule has 3 aromatic carbocycles. The molecule has 47 heavy (non-hydrogen) atoms. The van der Waals surface area contributed by atoms with Crippen molar-refractivity contribution >= 4 is 41.4 Å². The molecule has 0 aliphatic carbocycles. The van der Waals surface area contributed by atoms with Gasteiger partial charge in [-0.05, 0) is 62.9 Å². The zero-order chi connectivity index (χ0) is 34.3. The van der Waals surface area contributed by atoms with Gasteiger partial charge in [0.15, 0.2) is 0 Å². The Balaban J connectivity index is 1.67. The molecule has 1 aliphatic heterocycles. The first kappa shape index (κ1) is 35.2. The number of aryl methyl sites for hydroxylation is 1. The fraction of sp³-hybridized carbons (Fsp3) is 0.361. The number of hydrogen-bond donors (Lipinski definition) is 2. The van der Waals surface area contributed by atoms with Crippen molar-refractivity contribution in [3.05, 3.63) is 101 Å². The van der Waals surface area contributed by atoms with Crippen LogP contribution in [0.1, 0.15) is 60.3 Å². The van der Waals surface area contributed by atoms with Gasteiger partial charge in [0.2, 0.25) is 12.0 Å². The number of nitrogens with zero attached hydrogens (tertiary/aromatic N) is 1. The van der Waals surface area contributed by atoms with Crippen molar-refractivity contribution in [2.45, 2.75) is 77.4 Å². The summed E-state index contributed by atoms with van der Waals surface area (Å²) < 4.78 is 10.3. The maximum Gasteiger partial charge on any atom is 0.308 e. The van der Waals surface area contributed by atoms with Crippen molar-refractivity contribution in [1.29, 1.82) is 0 Å². The van der Waals surface area contributed by atoms with Crippen molar-refractivity contribution in [1.82, 2.24) is 15.5 Å². The lowest BCUT2D eigenvalue weighted by Gasteiger charge is -2.34. The van der Waals surface area contributed by atoms with E-state index in [1.54, 1.807) is 25.1 Å². The standard InChI is InChI=1S/C36H41N3O7S/c1-22-13-10-11-16-27(22)20-37-34(43)32-36(5,6)47-21-39(32)35(44)31(46-25(4)41)29(19-26-14-8-7-9-15-26)38-33(42)28-17-12-18-30(23(28)2)45-24(3)40/h7-18,29,31-32H,19-21H2,1-6H3,(H,37,43)(H,38,42)/t29-,31-,32?/m0/s1. The molecule has 3 amide bonds. The van der Waals surface area contributed by atoms with Gasteiger partial charge in [0.1, 0.15) is 11.8 Å². The minimum Gasteiger partial charge on any atom is -0.450 e. The van der Waals surface area contributed by atoms with E-state index in [4.69, 9.17) is 9.47 Å². The molecular formula is C36H41N3O7S. The van der Waals surface area contributed by atoms with E-state index < -0.39 is 46.7 Å². The first-order chi connectivity index (χ1) is 22.3. The lowest BCUT2D eigenvalue weighted by Crippen LogP contribution is -2.59. The Bertz CT molecular complexity index is 1640. The van der Waals surface area contributed by atoms with Crippen LogP contribution in [0.25, 0.3) is 0 Å². The SMILES string of the molecule is CC(=O)Oc1cccc(C(=O)N[C@@H](Cc2ccccc2)[C@H](OC(C)=O)C(=O)N2CSC(C)(C)C2C(=O)NCc2ccccc2C)c1C. The molecule has 3 atom stereocenters. The molecule has 248 valence electrons. The molecular weight excluding hydrogens is 618 g/mol. The van der Waals surface area contributed by atoms with Crippen LogP contribution >= 0.6 is 11.8 Å². The summed E-state index contributed by atoms with van der Waals surface area (Å²) in [5, 5.41) is 5.91. The second-order valence-corrected chi connectivity index (χ2v) is 13.7. The van der Waals surface area contributed by atoms with E-state index in [1.165, 1.54) is 30.5 Å². The molecule has 3 aromatic rings. The number of hydrogen-bond acceptors (Lipinski definition) is 8. The molecule has 1 saturated heterocycles. The predicted molar refractivity (Wildman–Crippen MR) is 180 cm³/mol. The average Bonchev–Trinajstić information content (AvgIpc) is 3.34. The summed E-state index contributed by atoms with van der Waals surface area (Å²) in [5.74, 6) is -2.31. The van der Waals surface area contributed by atoms with Crippen LogP contribution in [-0.4, -0.2) is 63.4 Å². The average molecular weight is 660 g/mol. The molecule has 0 aromatic heterocycles. The van der Waals surface area contributed by atoms with E-state index >= 15 is 0 Å². The summed E-state index contributed by atoms with van der Waals surface area (Å²) >= 11 is 1.44. The molecule has 11 heteroatoms. The van der Waals surface area contributed by atoms with Crippen LogP contribution in [0.5, 0.6) is 5.75 Å². The number of amides is 3. The first-order valence-electron chi connectivity index (χ1n) is 15.3. The largest absolute Gasteiger partial charge is 0.450 e. The van der Waals surface area contributed by atoms with Crippen LogP contribution < -0.4 is 15.4 Å². The second-order valence-electron chi connectivity index (χ2n) is 12.1. The topological polar surface area (TPSA) is 131 Å². The van der Waals surface area contributed by atoms with E-state index in [9.17, 15) is 24.0 Å². The monoisotopic (exact) mass is 659 g/mol. The van der Waals surface area contributed by atoms with Crippen molar-refractivity contribution in [3.8, 4) is 5.75 Å². The molecule has 1 aliphatic rings. The van der Waals surface area contributed by atoms with Gasteiger partial charge in [-0.25, -0.2) is 0 Å². The molecule has 0 radical (unpaired) electrons. The van der Waals surface area contributed by atoms with Crippen LogP contribution in [0.4, 0.5) is 0 Å². The number of thioether (sulfide) groups is 1. The first-order valence-corrected chi connectivity index (χ1v) is 16.3. The molecule has 10 nitrogen and oxygen atoms in total. The zero-order valence-corrected chi connectivity index (χ0v) is 28.3. The van der Waals surface area contributed by atoms with Crippen molar-refractivity contribution in [2.75, 3.05) is 5.88 Å². The molecule has 1 fully saturated rings. The lowest BCUT2D eigenvalue weighted by molar-refractivity contribution is -0.162. The molecule has 0 bridgehead atoms. The van der Waals surface area contributed by atoms with E-state index in [0.717, 1.165) is 16.7 Å². The van der Waals surface area contributed by atoms with Crippen LogP contribution in [0.15, 0.2) is 72.8 Å². The van der Waals surface area contributed by atoms with Gasteiger partial charge in [0, 0.05) is 36.3 Å². The highest BCUT2D eigenvalue weighted by atomic mass is 32.2. The van der Waals surface area contributed by atoms with E-state index in [1.807, 2.05) is 75.4 Å². The van der Waals surface area contributed by atoms with Gasteiger partial charge in [-0.3, -0.25) is 24.0 Å². The lowest BCUT2D eigenvalue weighted by atomic mass is 9.96. The van der Waals surface area contributed by atoms with Gasteiger partial charge >= 0.3 is 11.9 Å². The van der Waals surface area contributed by atoms with E-state index in [2.05, 4.69) is 10.6 Å². The van der Waals surface area contributed by atoms with Gasteiger partial charge in [0.05, 0.1) is 11.9 Å². The Morgan fingerprint density at radius 3 is 2.26 bits per heavy atom. The number of esters is 2. The third kappa shape index (κ3) is 8.79. The summed E-state index contributed by atoms with van der Waals surface area (Å²) in [4.78, 5) is 67.5. The fourth-order valence-corrected chi connectivity index (χ4v) is 6.76. The summed E-state index contributed by atoms with van der Waals surface area (Å²) in [7, 11) is 0. The van der Waals surface area contributed by atoms with Gasteiger partial charge in [-0.2, -0.15) is 0 Å². The maximum atomic E-state index is 14.5. The van der Waals surface area contributed by atoms with Crippen molar-refractivity contribution in [3.63, 3.8) is 0 Å². The van der Waals surface area contributed by atoms with Crippen LogP contribution in [0.3, 0.4) is 0 Å². The van der Waals surface area contributed by atoms with Crippen molar-refractivity contribution in [2.24, 2.45) is 0 Å². The maximum absolute atomic E-state index is 14.5. The Morgan fingerprint density at radius 2 is 1.60 bits per heavy atom. The zero-order valence-electron chi connectivity index (χ0n) is 27.5. The molecule has 4 rings (SSSR count). The highest BCUT2D eigenvalue weighted by Crippen LogP contribution is 2.40. The molecule has 1 unspecified atom stereocenters. The quantitative estimate of drug-likeness (QED) is 0.227. The third-order valence-corrected chi connectivity index (χ3v) is 9.47. The van der Waals surface area contributed by atoms with Crippen LogP contribution in [0, 0.1) is 13.8 Å². The highest BCUT2D eigenvalue weighted by molar-refractivity contribution is 8.00. The highest BCUT2D eigenvalue weighted by Gasteiger charge is 2.50. The molecule has 2 N–H and O–H groups in total. The van der Waals surface area contributed by atoms with Crippen LogP contribution in [0.2, 0.25) is 0 Å².